The maximum Gasteiger partial charge on any atom is 0.325 e. The van der Waals surface area contributed by atoms with Crippen molar-refractivity contribution >= 4 is 11.8 Å². The summed E-state index contributed by atoms with van der Waals surface area (Å²) in [5, 5.41) is 10.2. The molecule has 3 rings (SSSR count). The van der Waals surface area contributed by atoms with E-state index in [1.807, 2.05) is 60.7 Å². The maximum atomic E-state index is 12.9. The lowest BCUT2D eigenvalue weighted by molar-refractivity contribution is -0.145. The summed E-state index contributed by atoms with van der Waals surface area (Å²) < 4.78 is 4.53. The second-order valence-electron chi connectivity index (χ2n) is 6.68. The number of nitrogens with zero attached hydrogens (tertiary/aromatic N) is 1. The van der Waals surface area contributed by atoms with E-state index in [1.54, 1.807) is 0 Å². The van der Waals surface area contributed by atoms with Crippen LogP contribution in [-0.2, 0) is 9.53 Å². The van der Waals surface area contributed by atoms with Crippen LogP contribution in [0.4, 0.5) is 0 Å². The SMILES string of the molecule is COC(=O)C(N)C(O)c1cnc(C(=O)CC(c2ccccc2)c2ccccc2)[nH]1. The molecule has 3 aromatic rings. The van der Waals surface area contributed by atoms with Gasteiger partial charge in [0.2, 0.25) is 0 Å². The molecule has 0 saturated carbocycles. The first-order valence-corrected chi connectivity index (χ1v) is 9.20. The molecular weight excluding hydrogens is 370 g/mol. The van der Waals surface area contributed by atoms with Crippen LogP contribution in [0.2, 0.25) is 0 Å². The predicted octanol–water partition coefficient (Wildman–Crippen LogP) is 2.35. The van der Waals surface area contributed by atoms with Gasteiger partial charge in [0.25, 0.3) is 0 Å². The first-order chi connectivity index (χ1) is 14.0. The molecule has 0 fully saturated rings. The highest BCUT2D eigenvalue weighted by atomic mass is 16.5. The summed E-state index contributed by atoms with van der Waals surface area (Å²) in [6.07, 6.45) is 0.150. The van der Waals surface area contributed by atoms with Gasteiger partial charge < -0.3 is 20.6 Å². The third kappa shape index (κ3) is 4.77. The van der Waals surface area contributed by atoms with Crippen LogP contribution in [0.3, 0.4) is 0 Å². The lowest BCUT2D eigenvalue weighted by Gasteiger charge is -2.17. The summed E-state index contributed by atoms with van der Waals surface area (Å²) in [6.45, 7) is 0. The fraction of sp³-hybridized carbons (Fsp3) is 0.227. The van der Waals surface area contributed by atoms with E-state index in [-0.39, 0.29) is 29.6 Å². The molecule has 2 atom stereocenters. The average Bonchev–Trinajstić information content (AvgIpc) is 3.27. The molecule has 1 aromatic heterocycles. The van der Waals surface area contributed by atoms with Crippen molar-refractivity contribution in [1.29, 1.82) is 0 Å². The van der Waals surface area contributed by atoms with Gasteiger partial charge in [-0.2, -0.15) is 0 Å². The highest BCUT2D eigenvalue weighted by Crippen LogP contribution is 2.29. The van der Waals surface area contributed by atoms with Crippen molar-refractivity contribution in [2.75, 3.05) is 7.11 Å². The smallest absolute Gasteiger partial charge is 0.325 e. The van der Waals surface area contributed by atoms with E-state index in [4.69, 9.17) is 5.73 Å². The molecule has 1 heterocycles. The number of aliphatic hydroxyl groups excluding tert-OH is 1. The average molecular weight is 393 g/mol. The molecule has 0 amide bonds. The van der Waals surface area contributed by atoms with E-state index < -0.39 is 18.1 Å². The van der Waals surface area contributed by atoms with E-state index in [2.05, 4.69) is 14.7 Å². The monoisotopic (exact) mass is 393 g/mol. The Labute approximate surface area is 168 Å². The summed E-state index contributed by atoms with van der Waals surface area (Å²) in [4.78, 5) is 31.3. The topological polar surface area (TPSA) is 118 Å². The number of nitrogens with one attached hydrogen (secondary N) is 1. The zero-order chi connectivity index (χ0) is 20.8. The van der Waals surface area contributed by atoms with Crippen LogP contribution in [0.1, 0.15) is 45.9 Å². The molecule has 0 aliphatic carbocycles. The summed E-state index contributed by atoms with van der Waals surface area (Å²) in [6, 6.07) is 18.3. The summed E-state index contributed by atoms with van der Waals surface area (Å²) in [7, 11) is 1.18. The highest BCUT2D eigenvalue weighted by molar-refractivity contribution is 5.93. The van der Waals surface area contributed by atoms with E-state index >= 15 is 0 Å². The van der Waals surface area contributed by atoms with E-state index in [9.17, 15) is 14.7 Å². The molecule has 2 unspecified atom stereocenters. The molecule has 0 aliphatic heterocycles. The number of hydrogen-bond donors (Lipinski definition) is 3. The van der Waals surface area contributed by atoms with Crippen LogP contribution in [0.5, 0.6) is 0 Å². The van der Waals surface area contributed by atoms with E-state index in [0.717, 1.165) is 11.1 Å². The molecule has 150 valence electrons. The van der Waals surface area contributed by atoms with Crippen molar-refractivity contribution in [2.45, 2.75) is 24.5 Å². The number of nitrogens with two attached hydrogens (primary N) is 1. The Morgan fingerprint density at radius 3 is 2.14 bits per heavy atom. The molecule has 0 radical (unpaired) electrons. The first-order valence-electron chi connectivity index (χ1n) is 9.20. The molecule has 2 aromatic carbocycles. The quantitative estimate of drug-likeness (QED) is 0.399. The second kappa shape index (κ2) is 9.27. The number of ketones is 1. The molecular formula is C22H23N3O4. The van der Waals surface area contributed by atoms with Crippen LogP contribution in [0, 0.1) is 0 Å². The number of imidazole rings is 1. The fourth-order valence-electron chi connectivity index (χ4n) is 3.17. The largest absolute Gasteiger partial charge is 0.468 e. The zero-order valence-electron chi connectivity index (χ0n) is 16.0. The standard InChI is InChI=1S/C22H23N3O4/c1-29-22(28)19(23)20(27)17-13-24-21(25-17)18(26)12-16(14-8-4-2-5-9-14)15-10-6-3-7-11-15/h2-11,13,16,19-20,27H,12,23H2,1H3,(H,24,25). The number of aromatic nitrogens is 2. The Kier molecular flexibility index (Phi) is 6.54. The Balaban J connectivity index is 1.81. The Morgan fingerprint density at radius 2 is 1.62 bits per heavy atom. The van der Waals surface area contributed by atoms with Gasteiger partial charge in [-0.3, -0.25) is 9.59 Å². The fourth-order valence-corrected chi connectivity index (χ4v) is 3.17. The molecule has 0 saturated heterocycles. The van der Waals surface area contributed by atoms with Crippen molar-refractivity contribution in [2.24, 2.45) is 5.73 Å². The Morgan fingerprint density at radius 1 is 1.07 bits per heavy atom. The number of carbonyl (C=O) groups excluding carboxylic acids is 2. The van der Waals surface area contributed by atoms with E-state index in [0.29, 0.717) is 0 Å². The molecule has 4 N–H and O–H groups in total. The Hall–Kier alpha value is -3.29. The van der Waals surface area contributed by atoms with Gasteiger partial charge in [0.15, 0.2) is 11.6 Å². The van der Waals surface area contributed by atoms with Crippen LogP contribution < -0.4 is 5.73 Å². The maximum absolute atomic E-state index is 12.9. The van der Waals surface area contributed by atoms with Crippen molar-refractivity contribution in [1.82, 2.24) is 9.97 Å². The zero-order valence-corrected chi connectivity index (χ0v) is 16.0. The van der Waals surface area contributed by atoms with Gasteiger partial charge in [0.05, 0.1) is 19.0 Å². The number of hydrogen-bond acceptors (Lipinski definition) is 6. The lowest BCUT2D eigenvalue weighted by Crippen LogP contribution is -2.37. The number of esters is 1. The summed E-state index contributed by atoms with van der Waals surface area (Å²) >= 11 is 0. The number of carbonyl (C=O) groups is 2. The molecule has 0 spiro atoms. The number of aromatic amines is 1. The molecule has 0 aliphatic rings. The van der Waals surface area contributed by atoms with Gasteiger partial charge in [-0.15, -0.1) is 0 Å². The van der Waals surface area contributed by atoms with Crippen molar-refractivity contribution in [3.05, 3.63) is 89.5 Å². The van der Waals surface area contributed by atoms with Gasteiger partial charge >= 0.3 is 5.97 Å². The highest BCUT2D eigenvalue weighted by Gasteiger charge is 2.28. The van der Waals surface area contributed by atoms with Crippen molar-refractivity contribution in [3.8, 4) is 0 Å². The van der Waals surface area contributed by atoms with Gasteiger partial charge in [-0.05, 0) is 11.1 Å². The molecule has 7 heteroatoms. The molecule has 7 nitrogen and oxygen atoms in total. The van der Waals surface area contributed by atoms with Gasteiger partial charge in [0, 0.05) is 12.3 Å². The van der Waals surface area contributed by atoms with Crippen LogP contribution >= 0.6 is 0 Å². The molecule has 29 heavy (non-hydrogen) atoms. The van der Waals surface area contributed by atoms with Gasteiger partial charge in [0.1, 0.15) is 12.1 Å². The van der Waals surface area contributed by atoms with Crippen LogP contribution in [0.15, 0.2) is 66.9 Å². The third-order valence-electron chi connectivity index (χ3n) is 4.79. The van der Waals surface area contributed by atoms with Crippen molar-refractivity contribution in [3.63, 3.8) is 0 Å². The number of aliphatic hydroxyl groups is 1. The minimum absolute atomic E-state index is 0.105. The predicted molar refractivity (Wildman–Crippen MR) is 107 cm³/mol. The number of H-pyrrole nitrogens is 1. The summed E-state index contributed by atoms with van der Waals surface area (Å²) in [5.74, 6) is -1.00. The lowest BCUT2D eigenvalue weighted by atomic mass is 9.87. The second-order valence-corrected chi connectivity index (χ2v) is 6.68. The van der Waals surface area contributed by atoms with Crippen LogP contribution in [0.25, 0.3) is 0 Å². The first kappa shape index (κ1) is 20.4. The number of methoxy groups -OCH3 is 1. The number of ether oxygens (including phenoxy) is 1. The minimum atomic E-state index is -1.35. The molecule has 0 bridgehead atoms. The number of Topliss-reactive ketones (excluding diaryl/α,β-unsaturated/α-hetero) is 1. The minimum Gasteiger partial charge on any atom is -0.468 e. The number of benzene rings is 2. The summed E-state index contributed by atoms with van der Waals surface area (Å²) in [5.41, 5.74) is 7.89. The van der Waals surface area contributed by atoms with E-state index in [1.165, 1.54) is 13.3 Å². The third-order valence-corrected chi connectivity index (χ3v) is 4.79. The van der Waals surface area contributed by atoms with Crippen molar-refractivity contribution < 1.29 is 19.4 Å². The van der Waals surface area contributed by atoms with Crippen LogP contribution in [-0.4, -0.2) is 40.0 Å². The van der Waals surface area contributed by atoms with Gasteiger partial charge in [-0.1, -0.05) is 60.7 Å². The number of rotatable bonds is 8. The van der Waals surface area contributed by atoms with Gasteiger partial charge in [-0.25, -0.2) is 4.98 Å². The Bertz CT molecular complexity index is 917. The normalized spacial score (nSPS) is 13.1.